The summed E-state index contributed by atoms with van der Waals surface area (Å²) in [4.78, 5) is 0. The highest BCUT2D eigenvalue weighted by Crippen LogP contribution is 2.36. The van der Waals surface area contributed by atoms with Crippen LogP contribution in [0.3, 0.4) is 0 Å². The lowest BCUT2D eigenvalue weighted by Gasteiger charge is -2.11. The molecule has 0 bridgehead atoms. The van der Waals surface area contributed by atoms with Crippen LogP contribution in [0.2, 0.25) is 0 Å². The number of phenolic OH excluding ortho intramolecular Hbond substituents is 2. The summed E-state index contributed by atoms with van der Waals surface area (Å²) >= 11 is 0. The zero-order valence-corrected chi connectivity index (χ0v) is 10.2. The van der Waals surface area contributed by atoms with Crippen LogP contribution >= 0.6 is 0 Å². The standard InChI is InChI=1S/C14H11F3O3/c15-14(16,17)10-6-5-9(7-12(10)19)8-20-13-4-2-1-3-11(13)18/h1-7,18-19H,8H2. The molecule has 6 heteroatoms. The van der Waals surface area contributed by atoms with Gasteiger partial charge in [-0.05, 0) is 29.8 Å². The molecule has 0 saturated heterocycles. The number of para-hydroxylation sites is 2. The maximum atomic E-state index is 12.5. The van der Waals surface area contributed by atoms with Gasteiger partial charge in [0, 0.05) is 0 Å². The smallest absolute Gasteiger partial charge is 0.419 e. The quantitative estimate of drug-likeness (QED) is 0.903. The Hall–Kier alpha value is -2.37. The molecule has 106 valence electrons. The molecule has 0 aliphatic carbocycles. The minimum absolute atomic E-state index is 0.0661. The van der Waals surface area contributed by atoms with Crippen LogP contribution in [0.4, 0.5) is 13.2 Å². The van der Waals surface area contributed by atoms with Gasteiger partial charge in [0.15, 0.2) is 11.5 Å². The lowest BCUT2D eigenvalue weighted by Crippen LogP contribution is -2.06. The normalized spacial score (nSPS) is 11.3. The molecular weight excluding hydrogens is 273 g/mol. The van der Waals surface area contributed by atoms with Gasteiger partial charge in [-0.1, -0.05) is 18.2 Å². The Labute approximate surface area is 112 Å². The molecule has 0 aromatic heterocycles. The van der Waals surface area contributed by atoms with Gasteiger partial charge in [-0.15, -0.1) is 0 Å². The average molecular weight is 284 g/mol. The first-order valence-corrected chi connectivity index (χ1v) is 5.68. The number of phenols is 2. The fraction of sp³-hybridized carbons (Fsp3) is 0.143. The summed E-state index contributed by atoms with van der Waals surface area (Å²) in [6, 6.07) is 9.22. The molecule has 2 aromatic carbocycles. The van der Waals surface area contributed by atoms with Crippen molar-refractivity contribution in [3.63, 3.8) is 0 Å². The van der Waals surface area contributed by atoms with E-state index in [0.29, 0.717) is 5.56 Å². The number of hydrogen-bond acceptors (Lipinski definition) is 3. The summed E-state index contributed by atoms with van der Waals surface area (Å²) in [5.41, 5.74) is -0.734. The molecule has 0 amide bonds. The molecule has 2 aromatic rings. The first-order chi connectivity index (χ1) is 9.38. The molecule has 0 radical (unpaired) electrons. The second kappa shape index (κ2) is 5.32. The number of halogens is 3. The van der Waals surface area contributed by atoms with Gasteiger partial charge in [0.2, 0.25) is 0 Å². The van der Waals surface area contributed by atoms with Crippen LogP contribution in [0, 0.1) is 0 Å². The Morgan fingerprint density at radius 1 is 0.950 bits per heavy atom. The topological polar surface area (TPSA) is 49.7 Å². The summed E-state index contributed by atoms with van der Waals surface area (Å²) in [7, 11) is 0. The number of hydrogen-bond donors (Lipinski definition) is 2. The minimum Gasteiger partial charge on any atom is -0.507 e. The average Bonchev–Trinajstić information content (AvgIpc) is 2.36. The van der Waals surface area contributed by atoms with Crippen LogP contribution in [0.15, 0.2) is 42.5 Å². The van der Waals surface area contributed by atoms with Crippen molar-refractivity contribution in [2.45, 2.75) is 12.8 Å². The van der Waals surface area contributed by atoms with Crippen molar-refractivity contribution in [1.82, 2.24) is 0 Å². The van der Waals surface area contributed by atoms with E-state index < -0.39 is 17.5 Å². The third-order valence-corrected chi connectivity index (χ3v) is 2.63. The highest BCUT2D eigenvalue weighted by atomic mass is 19.4. The first-order valence-electron chi connectivity index (χ1n) is 5.68. The molecule has 20 heavy (non-hydrogen) atoms. The fourth-order valence-corrected chi connectivity index (χ4v) is 1.65. The van der Waals surface area contributed by atoms with E-state index in [1.807, 2.05) is 0 Å². The van der Waals surface area contributed by atoms with Gasteiger partial charge in [-0.2, -0.15) is 13.2 Å². The van der Waals surface area contributed by atoms with Crippen molar-refractivity contribution in [2.75, 3.05) is 0 Å². The van der Waals surface area contributed by atoms with E-state index in [1.165, 1.54) is 18.2 Å². The van der Waals surface area contributed by atoms with E-state index in [4.69, 9.17) is 4.74 Å². The maximum absolute atomic E-state index is 12.5. The van der Waals surface area contributed by atoms with E-state index in [9.17, 15) is 23.4 Å². The molecule has 2 N–H and O–H groups in total. The highest BCUT2D eigenvalue weighted by molar-refractivity contribution is 5.40. The molecule has 0 spiro atoms. The molecule has 0 aliphatic heterocycles. The molecule has 0 saturated carbocycles. The maximum Gasteiger partial charge on any atom is 0.419 e. The van der Waals surface area contributed by atoms with Gasteiger partial charge >= 0.3 is 6.18 Å². The van der Waals surface area contributed by atoms with Gasteiger partial charge in [0.1, 0.15) is 12.4 Å². The third-order valence-electron chi connectivity index (χ3n) is 2.63. The monoisotopic (exact) mass is 284 g/mol. The number of ether oxygens (including phenoxy) is 1. The van der Waals surface area contributed by atoms with Crippen LogP contribution in [0.25, 0.3) is 0 Å². The Kier molecular flexibility index (Phi) is 3.74. The molecule has 0 aliphatic rings. The predicted octanol–water partition coefficient (Wildman–Crippen LogP) is 3.70. The van der Waals surface area contributed by atoms with Crippen molar-refractivity contribution < 1.29 is 28.1 Å². The SMILES string of the molecule is Oc1ccccc1OCc1ccc(C(F)(F)F)c(O)c1. The third kappa shape index (κ3) is 3.14. The van der Waals surface area contributed by atoms with Crippen LogP contribution in [0.1, 0.15) is 11.1 Å². The van der Waals surface area contributed by atoms with Crippen LogP contribution in [-0.4, -0.2) is 10.2 Å². The molecule has 0 unspecified atom stereocenters. The molecule has 2 rings (SSSR count). The number of alkyl halides is 3. The largest absolute Gasteiger partial charge is 0.507 e. The number of aromatic hydroxyl groups is 2. The van der Waals surface area contributed by atoms with Crippen LogP contribution in [0.5, 0.6) is 17.2 Å². The van der Waals surface area contributed by atoms with Gasteiger partial charge < -0.3 is 14.9 Å². The van der Waals surface area contributed by atoms with Crippen LogP contribution in [-0.2, 0) is 12.8 Å². The van der Waals surface area contributed by atoms with Gasteiger partial charge in [-0.25, -0.2) is 0 Å². The second-order valence-electron chi connectivity index (χ2n) is 4.11. The van der Waals surface area contributed by atoms with E-state index >= 15 is 0 Å². The fourth-order valence-electron chi connectivity index (χ4n) is 1.65. The van der Waals surface area contributed by atoms with E-state index in [0.717, 1.165) is 12.1 Å². The van der Waals surface area contributed by atoms with Crippen molar-refractivity contribution in [2.24, 2.45) is 0 Å². The summed E-state index contributed by atoms with van der Waals surface area (Å²) in [6.45, 7) is -0.0662. The summed E-state index contributed by atoms with van der Waals surface area (Å²) in [5, 5.41) is 18.8. The molecule has 0 atom stereocenters. The highest BCUT2D eigenvalue weighted by Gasteiger charge is 2.33. The lowest BCUT2D eigenvalue weighted by atomic mass is 10.1. The minimum atomic E-state index is -4.60. The summed E-state index contributed by atoms with van der Waals surface area (Å²) < 4.78 is 42.6. The van der Waals surface area contributed by atoms with E-state index in [1.54, 1.807) is 12.1 Å². The zero-order chi connectivity index (χ0) is 14.8. The Morgan fingerprint density at radius 3 is 2.25 bits per heavy atom. The Balaban J connectivity index is 2.12. The van der Waals surface area contributed by atoms with Gasteiger partial charge in [-0.3, -0.25) is 0 Å². The van der Waals surface area contributed by atoms with Crippen LogP contribution < -0.4 is 4.74 Å². The Bertz CT molecular complexity index is 609. The second-order valence-corrected chi connectivity index (χ2v) is 4.11. The lowest BCUT2D eigenvalue weighted by molar-refractivity contribution is -0.138. The predicted molar refractivity (Wildman–Crippen MR) is 65.5 cm³/mol. The Morgan fingerprint density at radius 2 is 1.65 bits per heavy atom. The van der Waals surface area contributed by atoms with E-state index in [-0.39, 0.29) is 18.1 Å². The number of rotatable bonds is 3. The van der Waals surface area contributed by atoms with Crippen molar-refractivity contribution in [3.05, 3.63) is 53.6 Å². The zero-order valence-electron chi connectivity index (χ0n) is 10.2. The number of benzene rings is 2. The van der Waals surface area contributed by atoms with Crippen molar-refractivity contribution in [3.8, 4) is 17.2 Å². The van der Waals surface area contributed by atoms with Gasteiger partial charge in [0.05, 0.1) is 5.56 Å². The van der Waals surface area contributed by atoms with Gasteiger partial charge in [0.25, 0.3) is 0 Å². The first kappa shape index (κ1) is 14.0. The van der Waals surface area contributed by atoms with Crippen molar-refractivity contribution >= 4 is 0 Å². The van der Waals surface area contributed by atoms with Crippen molar-refractivity contribution in [1.29, 1.82) is 0 Å². The molecule has 0 fully saturated rings. The molecule has 0 heterocycles. The summed E-state index contributed by atoms with van der Waals surface area (Å²) in [5.74, 6) is -0.702. The summed E-state index contributed by atoms with van der Waals surface area (Å²) in [6.07, 6.45) is -4.60. The molecule has 3 nitrogen and oxygen atoms in total. The molecular formula is C14H11F3O3. The van der Waals surface area contributed by atoms with E-state index in [2.05, 4.69) is 0 Å².